The summed E-state index contributed by atoms with van der Waals surface area (Å²) in [5.74, 6) is 0. The van der Waals surface area contributed by atoms with Gasteiger partial charge in [-0.05, 0) is 28.8 Å². The molecule has 0 aromatic rings. The molecule has 0 radical (unpaired) electrons. The molecule has 0 saturated heterocycles. The summed E-state index contributed by atoms with van der Waals surface area (Å²) in [4.78, 5) is 0. The van der Waals surface area contributed by atoms with Crippen LogP contribution in [0.4, 0.5) is 0 Å². The van der Waals surface area contributed by atoms with Gasteiger partial charge in [0.05, 0.1) is 20.6 Å². The maximum atomic E-state index is 3.53. The summed E-state index contributed by atoms with van der Waals surface area (Å²) >= 11 is 3.53. The molecule has 0 N–H and O–H groups in total. The zero-order valence-corrected chi connectivity index (χ0v) is 12.9. The average Bonchev–Trinajstić information content (AvgIpc) is 2.04. The van der Waals surface area contributed by atoms with Crippen LogP contribution in [0.25, 0.3) is 0 Å². The lowest BCUT2D eigenvalue weighted by Gasteiger charge is -2.26. The van der Waals surface area contributed by atoms with Gasteiger partial charge in [-0.1, -0.05) is 26.2 Å². The van der Waals surface area contributed by atoms with Gasteiger partial charge in [0.15, 0.2) is 0 Å². The van der Waals surface area contributed by atoms with Gasteiger partial charge in [0.25, 0.3) is 0 Å². The molecule has 3 heteroatoms. The van der Waals surface area contributed by atoms with Gasteiger partial charge in [-0.15, -0.1) is 0 Å². The van der Waals surface area contributed by atoms with Crippen LogP contribution in [0.3, 0.4) is 0 Å². The van der Waals surface area contributed by atoms with Crippen molar-refractivity contribution in [1.29, 1.82) is 0 Å². The van der Waals surface area contributed by atoms with Gasteiger partial charge in [0, 0.05) is 0 Å². The van der Waals surface area contributed by atoms with E-state index in [0.717, 1.165) is 9.94 Å². The predicted molar refractivity (Wildman–Crippen MR) is 59.5 cm³/mol. The van der Waals surface area contributed by atoms with Crippen LogP contribution in [-0.4, -0.2) is 30.6 Å². The zero-order valence-electron chi connectivity index (χ0n) is 9.15. The van der Waals surface area contributed by atoms with Crippen LogP contribution in [0.15, 0.2) is 0 Å². The summed E-state index contributed by atoms with van der Waals surface area (Å²) < 4.78 is 1.10. The Morgan fingerprint density at radius 1 is 1.00 bits per heavy atom. The van der Waals surface area contributed by atoms with Crippen molar-refractivity contribution in [3.63, 3.8) is 0 Å². The number of hydrogen-bond donors (Lipinski definition) is 0. The van der Waals surface area contributed by atoms with Crippen LogP contribution in [-0.2, 0) is 0 Å². The number of hydrogen-bond acceptors (Lipinski definition) is 0. The highest BCUT2D eigenvalue weighted by molar-refractivity contribution is 9.09. The van der Waals surface area contributed by atoms with Gasteiger partial charge in [-0.3, -0.25) is 0 Å². The molecule has 0 heterocycles. The number of alkyl halides is 1. The van der Waals surface area contributed by atoms with Crippen molar-refractivity contribution in [2.24, 2.45) is 0 Å². The lowest BCUT2D eigenvalue weighted by Crippen LogP contribution is -3.00. The van der Waals surface area contributed by atoms with Gasteiger partial charge in [0.2, 0.25) is 0 Å². The fourth-order valence-electron chi connectivity index (χ4n) is 1.20. The third-order valence-electron chi connectivity index (χ3n) is 2.19. The lowest BCUT2D eigenvalue weighted by molar-refractivity contribution is -0.876. The van der Waals surface area contributed by atoms with Gasteiger partial charge in [-0.25, -0.2) is 0 Å². The van der Waals surface area contributed by atoms with Crippen molar-refractivity contribution in [3.05, 3.63) is 0 Å². The molecule has 0 aromatic carbocycles. The second-order valence-electron chi connectivity index (χ2n) is 4.19. The Kier molecular flexibility index (Phi) is 12.4. The van der Waals surface area contributed by atoms with E-state index >= 15 is 0 Å². The Bertz CT molecular complexity index is 107. The number of quaternary nitrogens is 1. The number of nitrogens with zero attached hydrogens (tertiary/aromatic N) is 1. The highest BCUT2D eigenvalue weighted by atomic mass is 127. The molecule has 0 fully saturated rings. The summed E-state index contributed by atoms with van der Waals surface area (Å²) in [7, 11) is 4.54. The number of rotatable bonds is 7. The minimum absolute atomic E-state index is 0. The van der Waals surface area contributed by atoms with E-state index in [-0.39, 0.29) is 24.0 Å². The van der Waals surface area contributed by atoms with Gasteiger partial charge in [0.1, 0.15) is 5.45 Å². The SMILES string of the molecule is CCCCCCC[N+](C)(C)CBr.[I-]. The molecule has 0 unspecified atom stereocenters. The maximum Gasteiger partial charge on any atom is 0.133 e. The molecule has 0 bridgehead atoms. The van der Waals surface area contributed by atoms with Gasteiger partial charge in [-0.2, -0.15) is 0 Å². The van der Waals surface area contributed by atoms with Crippen LogP contribution in [0.1, 0.15) is 39.0 Å². The first-order chi connectivity index (χ1) is 5.62. The summed E-state index contributed by atoms with van der Waals surface area (Å²) in [6.07, 6.45) is 6.94. The molecule has 0 aromatic heterocycles. The second kappa shape index (κ2) is 9.71. The van der Waals surface area contributed by atoms with E-state index in [9.17, 15) is 0 Å². The smallest absolute Gasteiger partial charge is 0.133 e. The van der Waals surface area contributed by atoms with Crippen LogP contribution >= 0.6 is 15.9 Å². The fourth-order valence-corrected chi connectivity index (χ4v) is 1.45. The molecule has 0 atom stereocenters. The highest BCUT2D eigenvalue weighted by Gasteiger charge is 2.10. The molecule has 0 rings (SSSR count). The molecule has 0 aliphatic rings. The molecule has 0 aliphatic heterocycles. The van der Waals surface area contributed by atoms with E-state index in [1.165, 1.54) is 38.6 Å². The fraction of sp³-hybridized carbons (Fsp3) is 1.00. The van der Waals surface area contributed by atoms with E-state index in [0.29, 0.717) is 0 Å². The Hall–Kier alpha value is 1.17. The van der Waals surface area contributed by atoms with Crippen molar-refractivity contribution in [3.8, 4) is 0 Å². The molecule has 0 spiro atoms. The second-order valence-corrected chi connectivity index (χ2v) is 4.69. The van der Waals surface area contributed by atoms with Crippen LogP contribution < -0.4 is 24.0 Å². The summed E-state index contributed by atoms with van der Waals surface area (Å²) in [6, 6.07) is 0. The zero-order chi connectivity index (χ0) is 9.45. The Balaban J connectivity index is 0. The first-order valence-electron chi connectivity index (χ1n) is 5.00. The molecule has 1 nitrogen and oxygen atoms in total. The monoisotopic (exact) mass is 363 g/mol. The van der Waals surface area contributed by atoms with Gasteiger partial charge >= 0.3 is 0 Å². The molecule has 0 amide bonds. The Morgan fingerprint density at radius 3 is 2.00 bits per heavy atom. The summed E-state index contributed by atoms with van der Waals surface area (Å²) in [5, 5.41) is 0. The average molecular weight is 364 g/mol. The molecule has 13 heavy (non-hydrogen) atoms. The third-order valence-corrected chi connectivity index (χ3v) is 3.55. The molecular formula is C10H23BrIN. The molecule has 82 valence electrons. The summed E-state index contributed by atoms with van der Waals surface area (Å²) in [5.41, 5.74) is 1.07. The molecule has 0 aliphatic carbocycles. The third kappa shape index (κ3) is 11.1. The standard InChI is InChI=1S/C10H23BrN.HI/c1-4-5-6-7-8-9-12(2,3)10-11;/h4-10H2,1-3H3;1H/q+1;/p-1. The van der Waals surface area contributed by atoms with Crippen LogP contribution in [0.2, 0.25) is 0 Å². The van der Waals surface area contributed by atoms with Gasteiger partial charge < -0.3 is 28.5 Å². The first-order valence-corrected chi connectivity index (χ1v) is 6.12. The van der Waals surface area contributed by atoms with Crippen LogP contribution in [0.5, 0.6) is 0 Å². The van der Waals surface area contributed by atoms with Crippen molar-refractivity contribution in [2.75, 3.05) is 26.1 Å². The van der Waals surface area contributed by atoms with E-state index in [1.54, 1.807) is 0 Å². The van der Waals surface area contributed by atoms with E-state index in [2.05, 4.69) is 36.9 Å². The highest BCUT2D eigenvalue weighted by Crippen LogP contribution is 2.07. The Morgan fingerprint density at radius 2 is 1.54 bits per heavy atom. The minimum atomic E-state index is 0. The van der Waals surface area contributed by atoms with Crippen LogP contribution in [0, 0.1) is 0 Å². The minimum Gasteiger partial charge on any atom is -1.00 e. The summed E-state index contributed by atoms with van der Waals surface area (Å²) in [6.45, 7) is 3.56. The van der Waals surface area contributed by atoms with Crippen molar-refractivity contribution >= 4 is 15.9 Å². The van der Waals surface area contributed by atoms with E-state index in [1.807, 2.05) is 0 Å². The largest absolute Gasteiger partial charge is 1.00 e. The predicted octanol–water partition coefficient (Wildman–Crippen LogP) is 0.390. The van der Waals surface area contributed by atoms with Crippen molar-refractivity contribution < 1.29 is 28.5 Å². The quantitative estimate of drug-likeness (QED) is 0.202. The van der Waals surface area contributed by atoms with Crippen molar-refractivity contribution in [2.45, 2.75) is 39.0 Å². The normalized spacial score (nSPS) is 11.1. The van der Waals surface area contributed by atoms with E-state index in [4.69, 9.17) is 0 Å². The molecule has 0 saturated carbocycles. The number of unbranched alkanes of at least 4 members (excludes halogenated alkanes) is 4. The first kappa shape index (κ1) is 16.6. The maximum absolute atomic E-state index is 3.53. The van der Waals surface area contributed by atoms with Crippen molar-refractivity contribution in [1.82, 2.24) is 0 Å². The number of halogens is 2. The topological polar surface area (TPSA) is 0 Å². The lowest BCUT2D eigenvalue weighted by atomic mass is 10.1. The van der Waals surface area contributed by atoms with E-state index < -0.39 is 0 Å². The molecular weight excluding hydrogens is 341 g/mol. The Labute approximate surface area is 109 Å².